The van der Waals surface area contributed by atoms with Gasteiger partial charge in [0.05, 0.1) is 44.1 Å². The topological polar surface area (TPSA) is 51.7 Å². The zero-order chi connectivity index (χ0) is 25.1. The van der Waals surface area contributed by atoms with Crippen LogP contribution in [0.4, 0.5) is 0 Å². The molecule has 0 bridgehead atoms. The summed E-state index contributed by atoms with van der Waals surface area (Å²) < 4.78 is 11.7. The van der Waals surface area contributed by atoms with Crippen LogP contribution in [0.25, 0.3) is 22.2 Å². The standard InChI is InChI=1S/C29H35ClN3O3/c1-35-24-15-14-22-25(29(34)36-2)23(27(31-28(22)26(24)30)21-12-6-3-7-13-21)20-33(18-10-5-11-19-33)32-16-8-4-9-17-32/h3,6-7,12-15H,4-5,8-11,16-20H2,1-2H3/q+1. The lowest BCUT2D eigenvalue weighted by Crippen LogP contribution is -2.63. The minimum absolute atomic E-state index is 0.357. The molecule has 7 heteroatoms. The molecule has 0 amide bonds. The fraction of sp³-hybridized carbons (Fsp3) is 0.448. The molecule has 0 atom stereocenters. The second kappa shape index (κ2) is 10.8. The smallest absolute Gasteiger partial charge is 0.339 e. The monoisotopic (exact) mass is 508 g/mol. The van der Waals surface area contributed by atoms with Crippen molar-refractivity contribution in [2.45, 2.75) is 45.1 Å². The number of hydrogen-bond acceptors (Lipinski definition) is 5. The van der Waals surface area contributed by atoms with E-state index in [0.29, 0.717) is 33.8 Å². The van der Waals surface area contributed by atoms with Gasteiger partial charge < -0.3 is 9.47 Å². The molecule has 2 aliphatic heterocycles. The van der Waals surface area contributed by atoms with Crippen LogP contribution in [0.15, 0.2) is 42.5 Å². The quantitative estimate of drug-likeness (QED) is 0.291. The van der Waals surface area contributed by atoms with E-state index in [4.69, 9.17) is 26.1 Å². The molecule has 190 valence electrons. The molecule has 0 radical (unpaired) electrons. The Hall–Kier alpha value is -2.67. The summed E-state index contributed by atoms with van der Waals surface area (Å²) in [5, 5.41) is 3.77. The number of benzene rings is 2. The molecule has 5 rings (SSSR count). The Morgan fingerprint density at radius 3 is 2.33 bits per heavy atom. The molecule has 2 fully saturated rings. The number of quaternary nitrogens is 1. The average Bonchev–Trinajstić information content (AvgIpc) is 2.94. The average molecular weight is 509 g/mol. The maximum absolute atomic E-state index is 13.5. The summed E-state index contributed by atoms with van der Waals surface area (Å²) in [6.45, 7) is 5.06. The molecule has 3 aromatic rings. The van der Waals surface area contributed by atoms with E-state index < -0.39 is 0 Å². The second-order valence-corrected chi connectivity index (χ2v) is 10.3. The number of carbonyl (C=O) groups is 1. The number of rotatable bonds is 6. The van der Waals surface area contributed by atoms with E-state index in [9.17, 15) is 4.79 Å². The summed E-state index contributed by atoms with van der Waals surface area (Å²) in [5.41, 5.74) is 3.81. The number of fused-ring (bicyclic) bond motifs is 1. The number of pyridine rings is 1. The van der Waals surface area contributed by atoms with Gasteiger partial charge in [-0.25, -0.2) is 14.4 Å². The van der Waals surface area contributed by atoms with Crippen LogP contribution < -0.4 is 4.74 Å². The Morgan fingerprint density at radius 2 is 1.67 bits per heavy atom. The van der Waals surface area contributed by atoms with Crippen molar-refractivity contribution in [3.05, 3.63) is 58.6 Å². The molecule has 2 saturated heterocycles. The predicted octanol–water partition coefficient (Wildman–Crippen LogP) is 6.25. The molecule has 36 heavy (non-hydrogen) atoms. The van der Waals surface area contributed by atoms with Crippen molar-refractivity contribution in [3.8, 4) is 17.0 Å². The fourth-order valence-corrected chi connectivity index (χ4v) is 6.32. The van der Waals surface area contributed by atoms with Crippen molar-refractivity contribution in [1.82, 2.24) is 9.99 Å². The molecular formula is C29H35ClN3O3+. The van der Waals surface area contributed by atoms with Gasteiger partial charge in [0.15, 0.2) is 0 Å². The lowest BCUT2D eigenvalue weighted by molar-refractivity contribution is -1.05. The predicted molar refractivity (Wildman–Crippen MR) is 143 cm³/mol. The van der Waals surface area contributed by atoms with Crippen molar-refractivity contribution in [1.29, 1.82) is 0 Å². The van der Waals surface area contributed by atoms with Gasteiger partial charge in [0.2, 0.25) is 0 Å². The van der Waals surface area contributed by atoms with Crippen LogP contribution in [0.1, 0.15) is 54.4 Å². The number of likely N-dealkylation sites (tertiary alicyclic amines) is 1. The summed E-state index contributed by atoms with van der Waals surface area (Å²) in [6.07, 6.45) is 7.37. The van der Waals surface area contributed by atoms with Crippen LogP contribution in [0.3, 0.4) is 0 Å². The van der Waals surface area contributed by atoms with E-state index in [1.54, 1.807) is 13.2 Å². The highest BCUT2D eigenvalue weighted by atomic mass is 35.5. The summed E-state index contributed by atoms with van der Waals surface area (Å²) in [4.78, 5) is 18.6. The maximum Gasteiger partial charge on any atom is 0.339 e. The number of esters is 1. The van der Waals surface area contributed by atoms with Gasteiger partial charge in [-0.15, -0.1) is 0 Å². The zero-order valence-electron chi connectivity index (χ0n) is 21.3. The highest BCUT2D eigenvalue weighted by molar-refractivity contribution is 6.37. The number of methoxy groups -OCH3 is 2. The first-order valence-corrected chi connectivity index (χ1v) is 13.4. The molecule has 0 aliphatic carbocycles. The van der Waals surface area contributed by atoms with Crippen LogP contribution in [-0.4, -0.2) is 61.0 Å². The van der Waals surface area contributed by atoms with E-state index in [2.05, 4.69) is 5.01 Å². The highest BCUT2D eigenvalue weighted by Gasteiger charge is 2.40. The maximum atomic E-state index is 13.5. The summed E-state index contributed by atoms with van der Waals surface area (Å²) in [7, 11) is 3.03. The minimum atomic E-state index is -0.357. The number of nitrogens with zero attached hydrogens (tertiary/aromatic N) is 3. The Morgan fingerprint density at radius 1 is 0.972 bits per heavy atom. The Kier molecular flexibility index (Phi) is 7.47. The third-order valence-electron chi connectivity index (χ3n) is 7.85. The Labute approximate surface area is 218 Å². The lowest BCUT2D eigenvalue weighted by Gasteiger charge is -2.49. The SMILES string of the molecule is COC(=O)c1c(C[N+]2(N3CCCCC3)CCCCC2)c(-c2ccccc2)nc2c(Cl)c(OC)ccc12. The minimum Gasteiger partial charge on any atom is -0.495 e. The molecular weight excluding hydrogens is 474 g/mol. The first-order chi connectivity index (χ1) is 17.6. The van der Waals surface area contributed by atoms with Gasteiger partial charge in [0.1, 0.15) is 17.3 Å². The summed E-state index contributed by atoms with van der Waals surface area (Å²) >= 11 is 6.76. The number of aromatic nitrogens is 1. The first kappa shape index (κ1) is 25.0. The van der Waals surface area contributed by atoms with Gasteiger partial charge in [-0.2, -0.15) is 5.01 Å². The van der Waals surface area contributed by atoms with Crippen LogP contribution in [0.5, 0.6) is 5.75 Å². The van der Waals surface area contributed by atoms with Gasteiger partial charge in [-0.3, -0.25) is 0 Å². The number of carbonyl (C=O) groups excluding carboxylic acids is 1. The van der Waals surface area contributed by atoms with Crippen molar-refractivity contribution in [2.24, 2.45) is 0 Å². The third-order valence-corrected chi connectivity index (χ3v) is 8.22. The fourth-order valence-electron chi connectivity index (χ4n) is 6.04. The zero-order valence-corrected chi connectivity index (χ0v) is 22.0. The van der Waals surface area contributed by atoms with Gasteiger partial charge in [-0.1, -0.05) is 48.4 Å². The van der Waals surface area contributed by atoms with Gasteiger partial charge in [0.25, 0.3) is 0 Å². The van der Waals surface area contributed by atoms with E-state index >= 15 is 0 Å². The molecule has 1 aromatic heterocycles. The highest BCUT2D eigenvalue weighted by Crippen LogP contribution is 2.40. The molecule has 2 aromatic carbocycles. The Bertz CT molecular complexity index is 1240. The molecule has 0 unspecified atom stereocenters. The number of ether oxygens (including phenoxy) is 2. The second-order valence-electron chi connectivity index (χ2n) is 9.92. The summed E-state index contributed by atoms with van der Waals surface area (Å²) in [6, 6.07) is 13.8. The van der Waals surface area contributed by atoms with Crippen molar-refractivity contribution in [2.75, 3.05) is 40.4 Å². The van der Waals surface area contributed by atoms with E-state index in [-0.39, 0.29) is 5.97 Å². The largest absolute Gasteiger partial charge is 0.495 e. The molecule has 6 nitrogen and oxygen atoms in total. The van der Waals surface area contributed by atoms with Crippen LogP contribution in [0.2, 0.25) is 5.02 Å². The van der Waals surface area contributed by atoms with Crippen LogP contribution in [0, 0.1) is 0 Å². The van der Waals surface area contributed by atoms with Crippen molar-refractivity contribution < 1.29 is 18.9 Å². The van der Waals surface area contributed by atoms with Crippen LogP contribution >= 0.6 is 11.6 Å². The number of halogens is 1. The molecule has 3 heterocycles. The Balaban J connectivity index is 1.78. The van der Waals surface area contributed by atoms with E-state index in [1.165, 1.54) is 45.6 Å². The number of piperidine rings is 2. The molecule has 0 saturated carbocycles. The van der Waals surface area contributed by atoms with Gasteiger partial charge in [-0.05, 0) is 44.2 Å². The van der Waals surface area contributed by atoms with Gasteiger partial charge >= 0.3 is 5.97 Å². The lowest BCUT2D eigenvalue weighted by atomic mass is 9.94. The summed E-state index contributed by atoms with van der Waals surface area (Å²) in [5.74, 6) is 0.178. The normalized spacial score (nSPS) is 18.2. The number of hydrogen-bond donors (Lipinski definition) is 0. The van der Waals surface area contributed by atoms with E-state index in [0.717, 1.165) is 47.6 Å². The third kappa shape index (κ3) is 4.58. The molecule has 0 spiro atoms. The van der Waals surface area contributed by atoms with Crippen LogP contribution in [-0.2, 0) is 11.3 Å². The van der Waals surface area contributed by atoms with E-state index in [1.807, 2.05) is 36.4 Å². The van der Waals surface area contributed by atoms with Gasteiger partial charge in [0, 0.05) is 29.6 Å². The molecule has 0 N–H and O–H groups in total. The van der Waals surface area contributed by atoms with Crippen molar-refractivity contribution >= 4 is 28.5 Å². The first-order valence-electron chi connectivity index (χ1n) is 13.0. The van der Waals surface area contributed by atoms with Crippen molar-refractivity contribution in [3.63, 3.8) is 0 Å². The molecule has 2 aliphatic rings.